The molecule has 0 aliphatic carbocycles. The molecule has 2 aromatic rings. The van der Waals surface area contributed by atoms with Crippen LogP contribution in [0.2, 0.25) is 5.02 Å². The largest absolute Gasteiger partial charge is 0.483 e. The molecule has 0 bridgehead atoms. The van der Waals surface area contributed by atoms with Crippen molar-refractivity contribution in [2.24, 2.45) is 0 Å². The lowest BCUT2D eigenvalue weighted by molar-refractivity contribution is -0.384. The number of benzene rings is 2. The molecule has 0 saturated carbocycles. The first-order valence-corrected chi connectivity index (χ1v) is 7.83. The number of rotatable bonds is 7. The summed E-state index contributed by atoms with van der Waals surface area (Å²) < 4.78 is 5.47. The minimum atomic E-state index is -0.502. The zero-order chi connectivity index (χ0) is 19.1. The number of carbonyl (C=O) groups excluding carboxylic acids is 1. The summed E-state index contributed by atoms with van der Waals surface area (Å²) in [5, 5.41) is 22.5. The molecule has 2 rings (SSSR count). The number of nitrogens with one attached hydrogen (secondary N) is 1. The number of halogens is 1. The molecule has 0 aliphatic rings. The van der Waals surface area contributed by atoms with Crippen molar-refractivity contribution in [3.05, 3.63) is 75.3 Å². The van der Waals surface area contributed by atoms with Crippen LogP contribution < -0.4 is 10.1 Å². The first-order valence-electron chi connectivity index (χ1n) is 7.45. The van der Waals surface area contributed by atoms with Crippen LogP contribution in [0.4, 0.5) is 11.4 Å². The van der Waals surface area contributed by atoms with E-state index in [0.717, 1.165) is 0 Å². The summed E-state index contributed by atoms with van der Waals surface area (Å²) in [6, 6.07) is 10.6. The number of carbonyl (C=O) groups is 1. The number of hydrogen-bond acceptors (Lipinski definition) is 5. The Hall–Kier alpha value is -3.37. The molecule has 26 heavy (non-hydrogen) atoms. The molecular weight excluding hydrogens is 358 g/mol. The van der Waals surface area contributed by atoms with Gasteiger partial charge in [0, 0.05) is 23.4 Å². The van der Waals surface area contributed by atoms with E-state index in [9.17, 15) is 14.9 Å². The number of nitro benzene ring substituents is 1. The molecule has 2 aromatic carbocycles. The van der Waals surface area contributed by atoms with Crippen LogP contribution >= 0.6 is 11.6 Å². The van der Waals surface area contributed by atoms with Crippen LogP contribution in [0, 0.1) is 21.4 Å². The molecule has 0 unspecified atom stereocenters. The standard InChI is InChI=1S/C18H14ClN3O4/c1-2-3-12-8-15(22(24)25)6-7-17(12)26-11-18(23)21-14-5-4-13(10-20)16(19)9-14/h2,4-9H,1,3,11H2,(H,21,23). The number of amides is 1. The van der Waals surface area contributed by atoms with Crippen molar-refractivity contribution in [3.8, 4) is 11.8 Å². The number of anilines is 1. The predicted octanol–water partition coefficient (Wildman–Crippen LogP) is 3.87. The van der Waals surface area contributed by atoms with Crippen molar-refractivity contribution in [2.75, 3.05) is 11.9 Å². The minimum Gasteiger partial charge on any atom is -0.483 e. The second-order valence-corrected chi connectivity index (χ2v) is 5.59. The van der Waals surface area contributed by atoms with Gasteiger partial charge in [0.2, 0.25) is 0 Å². The predicted molar refractivity (Wildman–Crippen MR) is 97.3 cm³/mol. The maximum Gasteiger partial charge on any atom is 0.269 e. The maximum atomic E-state index is 12.0. The van der Waals surface area contributed by atoms with E-state index in [1.807, 2.05) is 6.07 Å². The smallest absolute Gasteiger partial charge is 0.269 e. The van der Waals surface area contributed by atoms with Gasteiger partial charge in [0.05, 0.1) is 15.5 Å². The minimum absolute atomic E-state index is 0.0640. The normalized spacial score (nSPS) is 9.85. The van der Waals surface area contributed by atoms with Gasteiger partial charge < -0.3 is 10.1 Å². The van der Waals surface area contributed by atoms with E-state index in [0.29, 0.717) is 29.0 Å². The number of hydrogen-bond donors (Lipinski definition) is 1. The van der Waals surface area contributed by atoms with Gasteiger partial charge in [-0.15, -0.1) is 6.58 Å². The van der Waals surface area contributed by atoms with Gasteiger partial charge in [-0.3, -0.25) is 14.9 Å². The number of allylic oxidation sites excluding steroid dienone is 1. The molecule has 1 amide bonds. The third kappa shape index (κ3) is 4.82. The summed E-state index contributed by atoms with van der Waals surface area (Å²) in [4.78, 5) is 22.4. The molecule has 132 valence electrons. The van der Waals surface area contributed by atoms with Crippen LogP contribution in [0.15, 0.2) is 49.1 Å². The monoisotopic (exact) mass is 371 g/mol. The first kappa shape index (κ1) is 19.0. The van der Waals surface area contributed by atoms with Crippen molar-refractivity contribution >= 4 is 28.9 Å². The van der Waals surface area contributed by atoms with Crippen LogP contribution in [0.1, 0.15) is 11.1 Å². The molecule has 8 heteroatoms. The van der Waals surface area contributed by atoms with Crippen molar-refractivity contribution in [3.63, 3.8) is 0 Å². The van der Waals surface area contributed by atoms with Crippen molar-refractivity contribution in [2.45, 2.75) is 6.42 Å². The van der Waals surface area contributed by atoms with Gasteiger partial charge in [0.1, 0.15) is 11.8 Å². The molecule has 1 N–H and O–H groups in total. The number of nitro groups is 1. The van der Waals surface area contributed by atoms with Crippen LogP contribution in [-0.2, 0) is 11.2 Å². The Balaban J connectivity index is 2.05. The molecule has 0 spiro atoms. The van der Waals surface area contributed by atoms with Crippen LogP contribution in [0.5, 0.6) is 5.75 Å². The molecule has 0 atom stereocenters. The topological polar surface area (TPSA) is 105 Å². The third-order valence-corrected chi connectivity index (χ3v) is 3.66. The van der Waals surface area contributed by atoms with Crippen LogP contribution in [0.3, 0.4) is 0 Å². The summed E-state index contributed by atoms with van der Waals surface area (Å²) in [5.74, 6) is -0.0720. The zero-order valence-corrected chi connectivity index (χ0v) is 14.3. The van der Waals surface area contributed by atoms with E-state index in [1.54, 1.807) is 12.1 Å². The average molecular weight is 372 g/mol. The fraction of sp³-hybridized carbons (Fsp3) is 0.111. The van der Waals surface area contributed by atoms with Gasteiger partial charge in [-0.2, -0.15) is 5.26 Å². The Kier molecular flexibility index (Phi) is 6.31. The fourth-order valence-corrected chi connectivity index (χ4v) is 2.38. The summed E-state index contributed by atoms with van der Waals surface area (Å²) in [6.45, 7) is 3.31. The number of non-ortho nitro benzene ring substituents is 1. The maximum absolute atomic E-state index is 12.0. The molecule has 0 aromatic heterocycles. The van der Waals surface area contributed by atoms with E-state index in [-0.39, 0.29) is 17.3 Å². The molecule has 0 radical (unpaired) electrons. The fourth-order valence-electron chi connectivity index (χ4n) is 2.16. The second kappa shape index (κ2) is 8.65. The molecule has 7 nitrogen and oxygen atoms in total. The molecule has 0 saturated heterocycles. The van der Waals surface area contributed by atoms with Gasteiger partial charge in [-0.1, -0.05) is 17.7 Å². The lowest BCUT2D eigenvalue weighted by Gasteiger charge is -2.11. The number of nitriles is 1. The Labute approximate surface area is 154 Å². The van der Waals surface area contributed by atoms with Crippen molar-refractivity contribution < 1.29 is 14.5 Å². The van der Waals surface area contributed by atoms with Gasteiger partial charge in [-0.05, 0) is 30.7 Å². The van der Waals surface area contributed by atoms with E-state index in [2.05, 4.69) is 11.9 Å². The van der Waals surface area contributed by atoms with E-state index in [4.69, 9.17) is 21.6 Å². The Morgan fingerprint density at radius 1 is 1.38 bits per heavy atom. The highest BCUT2D eigenvalue weighted by atomic mass is 35.5. The van der Waals surface area contributed by atoms with Crippen molar-refractivity contribution in [1.82, 2.24) is 0 Å². The first-order chi connectivity index (χ1) is 12.4. The molecule has 0 fully saturated rings. The Morgan fingerprint density at radius 3 is 2.77 bits per heavy atom. The summed E-state index contributed by atoms with van der Waals surface area (Å²) in [6.07, 6.45) is 1.95. The molecular formula is C18H14ClN3O4. The SMILES string of the molecule is C=CCc1cc([N+](=O)[O-])ccc1OCC(=O)Nc1ccc(C#N)c(Cl)c1. The van der Waals surface area contributed by atoms with Gasteiger partial charge >= 0.3 is 0 Å². The molecule has 0 aliphatic heterocycles. The van der Waals surface area contributed by atoms with Gasteiger partial charge in [0.15, 0.2) is 6.61 Å². The average Bonchev–Trinajstić information content (AvgIpc) is 2.61. The highest BCUT2D eigenvalue weighted by Gasteiger charge is 2.13. The van der Waals surface area contributed by atoms with Crippen molar-refractivity contribution in [1.29, 1.82) is 5.26 Å². The number of nitrogens with zero attached hydrogens (tertiary/aromatic N) is 2. The summed E-state index contributed by atoms with van der Waals surface area (Å²) in [5.41, 5.74) is 1.23. The Bertz CT molecular complexity index is 906. The van der Waals surface area contributed by atoms with E-state index < -0.39 is 10.8 Å². The summed E-state index contributed by atoms with van der Waals surface area (Å²) in [7, 11) is 0. The van der Waals surface area contributed by atoms with Gasteiger partial charge in [0.25, 0.3) is 11.6 Å². The second-order valence-electron chi connectivity index (χ2n) is 5.19. The lowest BCUT2D eigenvalue weighted by Crippen LogP contribution is -2.20. The quantitative estimate of drug-likeness (QED) is 0.452. The Morgan fingerprint density at radius 2 is 2.15 bits per heavy atom. The van der Waals surface area contributed by atoms with Crippen LogP contribution in [0.25, 0.3) is 0 Å². The van der Waals surface area contributed by atoms with Gasteiger partial charge in [-0.25, -0.2) is 0 Å². The van der Waals surface area contributed by atoms with E-state index >= 15 is 0 Å². The molecule has 0 heterocycles. The highest BCUT2D eigenvalue weighted by Crippen LogP contribution is 2.25. The lowest BCUT2D eigenvalue weighted by atomic mass is 10.1. The summed E-state index contributed by atoms with van der Waals surface area (Å²) >= 11 is 5.91. The number of ether oxygens (including phenoxy) is 1. The highest BCUT2D eigenvalue weighted by molar-refractivity contribution is 6.32. The third-order valence-electron chi connectivity index (χ3n) is 3.35. The zero-order valence-electron chi connectivity index (χ0n) is 13.6. The van der Waals surface area contributed by atoms with Crippen LogP contribution in [-0.4, -0.2) is 17.4 Å². The van der Waals surface area contributed by atoms with E-state index in [1.165, 1.54) is 30.3 Å².